The highest BCUT2D eigenvalue weighted by Crippen LogP contribution is 2.28. The smallest absolute Gasteiger partial charge is 0.406 e. The number of carbonyl (C=O) groups is 1. The SMILES string of the molecule is C=C(C)\N=C/C(=N/C=C(\N)N1CCN(S(=O)(=O)c2ccc(OC(F)(F)F)cc2)[C@@H](C(=O)NCc2ccc(OC(F)(F)F)cc2)C1)C(=C)N. The molecule has 2 aromatic rings. The minimum absolute atomic E-state index is 0.0150. The van der Waals surface area contributed by atoms with Crippen LogP contribution in [0.1, 0.15) is 12.5 Å². The number of nitrogens with zero attached hydrogens (tertiary/aromatic N) is 4. The summed E-state index contributed by atoms with van der Waals surface area (Å²) in [5.41, 5.74) is 13.0. The first-order valence-corrected chi connectivity index (χ1v) is 15.1. The van der Waals surface area contributed by atoms with Gasteiger partial charge in [-0.05, 0) is 48.9 Å². The number of alkyl halides is 6. The predicted molar refractivity (Wildman–Crippen MR) is 164 cm³/mol. The largest absolute Gasteiger partial charge is 0.573 e. The van der Waals surface area contributed by atoms with Crippen LogP contribution in [0, 0.1) is 0 Å². The van der Waals surface area contributed by atoms with Crippen LogP contribution in [0.25, 0.3) is 0 Å². The average molecular weight is 704 g/mol. The number of hydrogen-bond donors (Lipinski definition) is 3. The Labute approximate surface area is 271 Å². The molecule has 0 spiro atoms. The molecule has 0 bridgehead atoms. The summed E-state index contributed by atoms with van der Waals surface area (Å²) in [6.45, 7) is 8.05. The van der Waals surface area contributed by atoms with Gasteiger partial charge < -0.3 is 31.2 Å². The van der Waals surface area contributed by atoms with Crippen LogP contribution < -0.4 is 26.3 Å². The summed E-state index contributed by atoms with van der Waals surface area (Å²) in [4.78, 5) is 22.7. The second-order valence-electron chi connectivity index (χ2n) is 10.1. The second-order valence-corrected chi connectivity index (χ2v) is 12.0. The van der Waals surface area contributed by atoms with E-state index >= 15 is 0 Å². The molecule has 1 amide bonds. The van der Waals surface area contributed by atoms with E-state index in [4.69, 9.17) is 11.5 Å². The van der Waals surface area contributed by atoms with Gasteiger partial charge in [0.1, 0.15) is 29.1 Å². The van der Waals surface area contributed by atoms with Gasteiger partial charge in [-0.15, -0.1) is 26.3 Å². The normalized spacial score (nSPS) is 16.9. The summed E-state index contributed by atoms with van der Waals surface area (Å²) in [5, 5.41) is 2.56. The number of aliphatic imine (C=N–C) groups is 2. The summed E-state index contributed by atoms with van der Waals surface area (Å²) >= 11 is 0. The molecule has 0 saturated carbocycles. The van der Waals surface area contributed by atoms with Crippen molar-refractivity contribution in [3.05, 3.63) is 90.7 Å². The molecule has 1 saturated heterocycles. The molecule has 0 unspecified atom stereocenters. The van der Waals surface area contributed by atoms with Gasteiger partial charge in [0, 0.05) is 31.9 Å². The molecule has 48 heavy (non-hydrogen) atoms. The zero-order chi connectivity index (χ0) is 35.9. The number of benzene rings is 2. The highest BCUT2D eigenvalue weighted by Gasteiger charge is 2.41. The fourth-order valence-electron chi connectivity index (χ4n) is 4.15. The third-order valence-corrected chi connectivity index (χ3v) is 8.28. The van der Waals surface area contributed by atoms with Gasteiger partial charge in [0.2, 0.25) is 15.9 Å². The molecular weight excluding hydrogens is 672 g/mol. The van der Waals surface area contributed by atoms with Crippen LogP contribution in [0.3, 0.4) is 0 Å². The predicted octanol–water partition coefficient (Wildman–Crippen LogP) is 3.75. The zero-order valence-electron chi connectivity index (χ0n) is 25.3. The van der Waals surface area contributed by atoms with Crippen LogP contribution in [0.5, 0.6) is 11.5 Å². The molecule has 12 nitrogen and oxygen atoms in total. The van der Waals surface area contributed by atoms with Gasteiger partial charge in [-0.25, -0.2) is 13.4 Å². The third-order valence-electron chi connectivity index (χ3n) is 6.36. The van der Waals surface area contributed by atoms with Crippen LogP contribution >= 0.6 is 0 Å². The number of nitrogens with two attached hydrogens (primary N) is 2. The van der Waals surface area contributed by atoms with Crippen LogP contribution in [-0.2, 0) is 21.4 Å². The number of allylic oxidation sites excluding steroid dienone is 2. The van der Waals surface area contributed by atoms with Gasteiger partial charge in [0.25, 0.3) is 0 Å². The van der Waals surface area contributed by atoms with Crippen molar-refractivity contribution in [2.24, 2.45) is 21.5 Å². The minimum Gasteiger partial charge on any atom is -0.406 e. The van der Waals surface area contributed by atoms with E-state index in [1.807, 2.05) is 0 Å². The number of piperazine rings is 1. The lowest BCUT2D eigenvalue weighted by atomic mass is 10.1. The van der Waals surface area contributed by atoms with E-state index in [-0.39, 0.29) is 43.4 Å². The maximum atomic E-state index is 13.7. The molecular formula is C29H31F6N7O5S. The Morgan fingerprint density at radius 2 is 1.52 bits per heavy atom. The Hall–Kier alpha value is -5.04. The molecule has 5 N–H and O–H groups in total. The quantitative estimate of drug-likeness (QED) is 0.222. The van der Waals surface area contributed by atoms with E-state index in [2.05, 4.69) is 37.9 Å². The molecule has 2 aromatic carbocycles. The topological polar surface area (TPSA) is 165 Å². The van der Waals surface area contributed by atoms with Crippen molar-refractivity contribution in [2.75, 3.05) is 19.6 Å². The molecule has 0 aliphatic carbocycles. The molecule has 1 aliphatic rings. The standard InChI is InChI=1S/C29H31F6N7O5S/c1-18(2)38-15-24(19(3)36)39-16-26(37)41-12-13-42(48(44,45)23-10-8-22(9-11-23)47-29(33,34)35)25(17-41)27(43)40-14-20-4-6-21(7-5-20)46-28(30,31)32/h4-11,15-16,25H,1,3,12-14,17,36-37H2,2H3,(H,40,43)/b26-16+,38-15-,39-24-/t25-/m1/s1. The summed E-state index contributed by atoms with van der Waals surface area (Å²) in [6.07, 6.45) is -7.38. The van der Waals surface area contributed by atoms with Crippen molar-refractivity contribution in [3.8, 4) is 11.5 Å². The van der Waals surface area contributed by atoms with Crippen LogP contribution in [0.2, 0.25) is 0 Å². The number of amides is 1. The number of carbonyl (C=O) groups excluding carboxylic acids is 1. The van der Waals surface area contributed by atoms with Crippen molar-refractivity contribution in [3.63, 3.8) is 0 Å². The second kappa shape index (κ2) is 15.2. The fraction of sp³-hybridized carbons (Fsp3) is 0.276. The number of nitrogens with one attached hydrogen (secondary N) is 1. The van der Waals surface area contributed by atoms with Crippen LogP contribution in [0.15, 0.2) is 100.0 Å². The number of hydrogen-bond acceptors (Lipinski definition) is 10. The van der Waals surface area contributed by atoms with Gasteiger partial charge in [-0.1, -0.05) is 25.3 Å². The molecule has 1 atom stereocenters. The average Bonchev–Trinajstić information content (AvgIpc) is 2.98. The lowest BCUT2D eigenvalue weighted by Crippen LogP contribution is -2.60. The Kier molecular flexibility index (Phi) is 11.9. The first-order valence-electron chi connectivity index (χ1n) is 13.7. The van der Waals surface area contributed by atoms with E-state index in [1.165, 1.54) is 29.4 Å². The van der Waals surface area contributed by atoms with Crippen molar-refractivity contribution < 1.29 is 49.0 Å². The number of sulfonamides is 1. The van der Waals surface area contributed by atoms with E-state index in [0.717, 1.165) is 40.7 Å². The lowest BCUT2D eigenvalue weighted by Gasteiger charge is -2.40. The van der Waals surface area contributed by atoms with Crippen molar-refractivity contribution in [1.82, 2.24) is 14.5 Å². The molecule has 260 valence electrons. The number of ether oxygens (including phenoxy) is 2. The van der Waals surface area contributed by atoms with Gasteiger partial charge in [0.05, 0.1) is 23.0 Å². The molecule has 3 rings (SSSR count). The van der Waals surface area contributed by atoms with Crippen molar-refractivity contribution >= 4 is 27.9 Å². The van der Waals surface area contributed by atoms with Crippen LogP contribution in [-0.4, -0.2) is 73.9 Å². The Balaban J connectivity index is 1.89. The first-order chi connectivity index (χ1) is 22.2. The number of halogens is 6. The van der Waals surface area contributed by atoms with Gasteiger partial charge >= 0.3 is 12.7 Å². The molecule has 0 radical (unpaired) electrons. The van der Waals surface area contributed by atoms with Crippen molar-refractivity contribution in [1.29, 1.82) is 0 Å². The maximum absolute atomic E-state index is 13.7. The van der Waals surface area contributed by atoms with E-state index in [9.17, 15) is 39.6 Å². The van der Waals surface area contributed by atoms with Gasteiger partial charge in [0.15, 0.2) is 0 Å². The van der Waals surface area contributed by atoms with E-state index < -0.39 is 51.1 Å². The summed E-state index contributed by atoms with van der Waals surface area (Å²) < 4.78 is 111. The minimum atomic E-state index is -5.00. The Morgan fingerprint density at radius 1 is 0.979 bits per heavy atom. The summed E-state index contributed by atoms with van der Waals surface area (Å²) in [7, 11) is -4.48. The molecule has 19 heteroatoms. The summed E-state index contributed by atoms with van der Waals surface area (Å²) in [6, 6.07) is 6.62. The third kappa shape index (κ3) is 11.0. The van der Waals surface area contributed by atoms with Crippen molar-refractivity contribution in [2.45, 2.75) is 37.1 Å². The molecule has 1 aliphatic heterocycles. The van der Waals surface area contributed by atoms with Crippen LogP contribution in [0.4, 0.5) is 26.3 Å². The molecule has 1 heterocycles. The van der Waals surface area contributed by atoms with Gasteiger partial charge in [-0.2, -0.15) is 4.31 Å². The zero-order valence-corrected chi connectivity index (χ0v) is 26.1. The first kappa shape index (κ1) is 37.4. The summed E-state index contributed by atoms with van der Waals surface area (Å²) in [5.74, 6) is -1.93. The molecule has 0 aromatic heterocycles. The number of rotatable bonds is 12. The fourth-order valence-corrected chi connectivity index (χ4v) is 5.72. The molecule has 1 fully saturated rings. The highest BCUT2D eigenvalue weighted by atomic mass is 32.2. The monoisotopic (exact) mass is 703 g/mol. The Bertz CT molecular complexity index is 1690. The maximum Gasteiger partial charge on any atom is 0.573 e. The highest BCUT2D eigenvalue weighted by molar-refractivity contribution is 7.89. The van der Waals surface area contributed by atoms with E-state index in [0.29, 0.717) is 11.3 Å². The lowest BCUT2D eigenvalue weighted by molar-refractivity contribution is -0.275. The van der Waals surface area contributed by atoms with Gasteiger partial charge in [-0.3, -0.25) is 9.79 Å². The Morgan fingerprint density at radius 3 is 2.02 bits per heavy atom. The van der Waals surface area contributed by atoms with E-state index in [1.54, 1.807) is 6.92 Å².